The van der Waals surface area contributed by atoms with Crippen molar-refractivity contribution in [2.24, 2.45) is 0 Å². The molecule has 0 radical (unpaired) electrons. The molecule has 116 valence electrons. The zero-order valence-electron chi connectivity index (χ0n) is 13.1. The third-order valence-corrected chi connectivity index (χ3v) is 3.37. The van der Waals surface area contributed by atoms with Crippen LogP contribution in [-0.4, -0.2) is 42.9 Å². The van der Waals surface area contributed by atoms with Crippen LogP contribution in [0.3, 0.4) is 0 Å². The molecule has 0 spiro atoms. The molecule has 2 amide bonds. The Kier molecular flexibility index (Phi) is 7.46. The molecule has 0 atom stereocenters. The summed E-state index contributed by atoms with van der Waals surface area (Å²) in [6.45, 7) is 9.68. The minimum Gasteiger partial charge on any atom is -0.352 e. The van der Waals surface area contributed by atoms with E-state index in [1.54, 1.807) is 12.1 Å². The molecule has 2 N–H and O–H groups in total. The lowest BCUT2D eigenvalue weighted by molar-refractivity contribution is -0.119. The van der Waals surface area contributed by atoms with Crippen LogP contribution in [0.5, 0.6) is 0 Å². The third kappa shape index (κ3) is 6.40. The van der Waals surface area contributed by atoms with E-state index in [-0.39, 0.29) is 11.8 Å². The summed E-state index contributed by atoms with van der Waals surface area (Å²) in [7, 11) is 0. The van der Waals surface area contributed by atoms with Gasteiger partial charge in [-0.05, 0) is 30.8 Å². The van der Waals surface area contributed by atoms with Crippen LogP contribution in [0.2, 0.25) is 0 Å². The summed E-state index contributed by atoms with van der Waals surface area (Å²) in [5.41, 5.74) is 1.62. The number of hydrogen-bond acceptors (Lipinski definition) is 3. The molecule has 1 rings (SSSR count). The number of hydrogen-bond donors (Lipinski definition) is 2. The smallest absolute Gasteiger partial charge is 0.251 e. The Morgan fingerprint density at radius 1 is 1.05 bits per heavy atom. The molecule has 0 aromatic heterocycles. The molecule has 0 saturated heterocycles. The van der Waals surface area contributed by atoms with Gasteiger partial charge in [0.1, 0.15) is 0 Å². The van der Waals surface area contributed by atoms with Crippen molar-refractivity contribution < 1.29 is 9.59 Å². The number of carbonyl (C=O) groups is 2. The van der Waals surface area contributed by atoms with Gasteiger partial charge in [0.05, 0.1) is 0 Å². The maximum atomic E-state index is 12.0. The number of likely N-dealkylation sites (N-methyl/N-ethyl adjacent to an activating group) is 1. The molecule has 5 nitrogen and oxygen atoms in total. The highest BCUT2D eigenvalue weighted by Crippen LogP contribution is 2.04. The second kappa shape index (κ2) is 9.13. The lowest BCUT2D eigenvalue weighted by Gasteiger charge is -2.17. The van der Waals surface area contributed by atoms with Crippen LogP contribution in [-0.2, 0) is 11.3 Å². The Morgan fingerprint density at radius 3 is 2.19 bits per heavy atom. The van der Waals surface area contributed by atoms with E-state index >= 15 is 0 Å². The van der Waals surface area contributed by atoms with E-state index in [0.29, 0.717) is 18.7 Å². The summed E-state index contributed by atoms with van der Waals surface area (Å²) in [4.78, 5) is 25.1. The lowest BCUT2D eigenvalue weighted by atomic mass is 10.1. The van der Waals surface area contributed by atoms with Gasteiger partial charge in [-0.3, -0.25) is 9.59 Å². The second-order valence-corrected chi connectivity index (χ2v) is 4.89. The first-order valence-corrected chi connectivity index (χ1v) is 7.40. The van der Waals surface area contributed by atoms with Gasteiger partial charge in [-0.25, -0.2) is 0 Å². The van der Waals surface area contributed by atoms with E-state index in [4.69, 9.17) is 0 Å². The predicted molar refractivity (Wildman–Crippen MR) is 84.1 cm³/mol. The van der Waals surface area contributed by atoms with Gasteiger partial charge in [0.2, 0.25) is 5.91 Å². The number of carbonyl (C=O) groups excluding carboxylic acids is 2. The molecule has 1 aromatic rings. The molecular formula is C16H25N3O2. The van der Waals surface area contributed by atoms with Crippen LogP contribution in [0.1, 0.15) is 36.7 Å². The van der Waals surface area contributed by atoms with Gasteiger partial charge >= 0.3 is 0 Å². The van der Waals surface area contributed by atoms with Crippen LogP contribution >= 0.6 is 0 Å². The van der Waals surface area contributed by atoms with Crippen molar-refractivity contribution in [1.82, 2.24) is 15.5 Å². The fraction of sp³-hybridized carbons (Fsp3) is 0.500. The fourth-order valence-electron chi connectivity index (χ4n) is 1.97. The Labute approximate surface area is 126 Å². The number of nitrogens with one attached hydrogen (secondary N) is 2. The average molecular weight is 291 g/mol. The monoisotopic (exact) mass is 291 g/mol. The highest BCUT2D eigenvalue weighted by Gasteiger charge is 2.06. The molecule has 0 aliphatic heterocycles. The molecule has 0 bridgehead atoms. The van der Waals surface area contributed by atoms with Gasteiger partial charge in [-0.15, -0.1) is 0 Å². The average Bonchev–Trinajstić information content (AvgIpc) is 2.50. The molecule has 0 fully saturated rings. The molecule has 0 aliphatic carbocycles. The summed E-state index contributed by atoms with van der Waals surface area (Å²) in [6, 6.07) is 7.28. The van der Waals surface area contributed by atoms with Crippen LogP contribution in [0.15, 0.2) is 24.3 Å². The molecule has 0 heterocycles. The first-order valence-electron chi connectivity index (χ1n) is 7.40. The minimum atomic E-state index is -0.0618. The van der Waals surface area contributed by atoms with E-state index in [9.17, 15) is 9.59 Å². The molecule has 5 heteroatoms. The zero-order chi connectivity index (χ0) is 15.7. The number of benzene rings is 1. The molecule has 21 heavy (non-hydrogen) atoms. The van der Waals surface area contributed by atoms with E-state index in [2.05, 4.69) is 29.4 Å². The topological polar surface area (TPSA) is 61.4 Å². The maximum absolute atomic E-state index is 12.0. The Hall–Kier alpha value is -1.88. The van der Waals surface area contributed by atoms with Gasteiger partial charge in [-0.1, -0.05) is 26.0 Å². The van der Waals surface area contributed by atoms with Crippen LogP contribution in [0.4, 0.5) is 0 Å². The molecular weight excluding hydrogens is 266 g/mol. The van der Waals surface area contributed by atoms with Gasteiger partial charge in [0.25, 0.3) is 5.91 Å². The first-order chi connectivity index (χ1) is 10.1. The first kappa shape index (κ1) is 17.2. The Morgan fingerprint density at radius 2 is 1.67 bits per heavy atom. The molecule has 1 aromatic carbocycles. The predicted octanol–water partition coefficient (Wildman–Crippen LogP) is 1.39. The summed E-state index contributed by atoms with van der Waals surface area (Å²) in [5, 5.41) is 5.64. The quantitative estimate of drug-likeness (QED) is 0.761. The highest BCUT2D eigenvalue weighted by atomic mass is 16.2. The Balaban J connectivity index is 2.42. The normalized spacial score (nSPS) is 10.5. The Bertz CT molecular complexity index is 453. The zero-order valence-corrected chi connectivity index (χ0v) is 13.1. The largest absolute Gasteiger partial charge is 0.352 e. The lowest BCUT2D eigenvalue weighted by Crippen LogP contribution is -2.34. The van der Waals surface area contributed by atoms with Crippen molar-refractivity contribution >= 4 is 11.8 Å². The number of rotatable bonds is 8. The highest BCUT2D eigenvalue weighted by molar-refractivity contribution is 5.94. The molecule has 0 aliphatic rings. The van der Waals surface area contributed by atoms with E-state index in [1.807, 2.05) is 12.1 Å². The van der Waals surface area contributed by atoms with E-state index in [1.165, 1.54) is 6.92 Å². The van der Waals surface area contributed by atoms with Gasteiger partial charge in [-0.2, -0.15) is 0 Å². The summed E-state index contributed by atoms with van der Waals surface area (Å²) in [6.07, 6.45) is 0. The summed E-state index contributed by atoms with van der Waals surface area (Å²) >= 11 is 0. The molecule has 0 unspecified atom stereocenters. The van der Waals surface area contributed by atoms with Crippen molar-refractivity contribution in [3.63, 3.8) is 0 Å². The minimum absolute atomic E-state index is 0.0618. The maximum Gasteiger partial charge on any atom is 0.251 e. The van der Waals surface area contributed by atoms with Crippen molar-refractivity contribution in [2.75, 3.05) is 26.2 Å². The van der Waals surface area contributed by atoms with E-state index in [0.717, 1.165) is 25.2 Å². The van der Waals surface area contributed by atoms with Crippen molar-refractivity contribution in [3.05, 3.63) is 35.4 Å². The SMILES string of the molecule is CCN(CC)CCNC(=O)c1ccc(CNC(C)=O)cc1. The van der Waals surface area contributed by atoms with Crippen LogP contribution in [0.25, 0.3) is 0 Å². The standard InChI is InChI=1S/C16H25N3O2/c1-4-19(5-2)11-10-17-16(21)15-8-6-14(7-9-15)12-18-13(3)20/h6-9H,4-5,10-12H2,1-3H3,(H,17,21)(H,18,20). The third-order valence-electron chi connectivity index (χ3n) is 3.37. The van der Waals surface area contributed by atoms with Crippen molar-refractivity contribution in [2.45, 2.75) is 27.3 Å². The van der Waals surface area contributed by atoms with Gasteiger partial charge in [0.15, 0.2) is 0 Å². The van der Waals surface area contributed by atoms with E-state index < -0.39 is 0 Å². The fourth-order valence-corrected chi connectivity index (χ4v) is 1.97. The van der Waals surface area contributed by atoms with Crippen molar-refractivity contribution in [3.8, 4) is 0 Å². The molecule has 0 saturated carbocycles. The summed E-state index contributed by atoms with van der Waals surface area (Å²) < 4.78 is 0. The van der Waals surface area contributed by atoms with Crippen molar-refractivity contribution in [1.29, 1.82) is 0 Å². The summed E-state index contributed by atoms with van der Waals surface area (Å²) in [5.74, 6) is -0.124. The van der Waals surface area contributed by atoms with Gasteiger partial charge < -0.3 is 15.5 Å². The number of nitrogens with zero attached hydrogens (tertiary/aromatic N) is 1. The second-order valence-electron chi connectivity index (χ2n) is 4.89. The van der Waals surface area contributed by atoms with Crippen LogP contribution < -0.4 is 10.6 Å². The number of amides is 2. The van der Waals surface area contributed by atoms with Crippen LogP contribution in [0, 0.1) is 0 Å². The van der Waals surface area contributed by atoms with Gasteiger partial charge in [0, 0.05) is 32.1 Å².